The fourth-order valence-corrected chi connectivity index (χ4v) is 2.06. The van der Waals surface area contributed by atoms with Crippen LogP contribution in [0.1, 0.15) is 32.6 Å². The molecule has 80 valence electrons. The summed E-state index contributed by atoms with van der Waals surface area (Å²) in [7, 11) is 0. The van der Waals surface area contributed by atoms with Crippen molar-refractivity contribution in [3.05, 3.63) is 23.9 Å². The standard InChI is InChI=1S/C12H20FN/c1-2-4-11-9-12(14)7-6-10(11)5-3-8-13/h6-7,9-11H,2-5,8,14H2,1H3. The minimum Gasteiger partial charge on any atom is -0.399 e. The number of rotatable bonds is 5. The first-order valence-corrected chi connectivity index (χ1v) is 5.49. The van der Waals surface area contributed by atoms with E-state index in [0.29, 0.717) is 18.3 Å². The van der Waals surface area contributed by atoms with Crippen molar-refractivity contribution in [3.63, 3.8) is 0 Å². The molecule has 2 heteroatoms. The molecule has 2 atom stereocenters. The minimum absolute atomic E-state index is 0.206. The Morgan fingerprint density at radius 3 is 2.79 bits per heavy atom. The molecule has 0 fully saturated rings. The van der Waals surface area contributed by atoms with Crippen LogP contribution in [0.5, 0.6) is 0 Å². The lowest BCUT2D eigenvalue weighted by atomic mass is 9.82. The van der Waals surface area contributed by atoms with Crippen molar-refractivity contribution in [2.75, 3.05) is 6.67 Å². The number of halogens is 1. The summed E-state index contributed by atoms with van der Waals surface area (Å²) in [5, 5.41) is 0. The predicted octanol–water partition coefficient (Wildman–Crippen LogP) is 3.18. The van der Waals surface area contributed by atoms with Gasteiger partial charge in [-0.1, -0.05) is 25.5 Å². The van der Waals surface area contributed by atoms with E-state index in [1.165, 1.54) is 0 Å². The Labute approximate surface area is 85.9 Å². The van der Waals surface area contributed by atoms with Crippen LogP contribution in [0.25, 0.3) is 0 Å². The molecule has 0 aromatic heterocycles. The normalized spacial score (nSPS) is 26.3. The first kappa shape index (κ1) is 11.3. The molecule has 0 aromatic carbocycles. The topological polar surface area (TPSA) is 26.0 Å². The Morgan fingerprint density at radius 1 is 1.36 bits per heavy atom. The average Bonchev–Trinajstić information content (AvgIpc) is 2.17. The summed E-state index contributed by atoms with van der Waals surface area (Å²) in [6, 6.07) is 0. The molecule has 1 aliphatic rings. The van der Waals surface area contributed by atoms with E-state index in [2.05, 4.69) is 19.1 Å². The molecule has 0 saturated carbocycles. The molecular formula is C12H20FN. The summed E-state index contributed by atoms with van der Waals surface area (Å²) in [4.78, 5) is 0. The Morgan fingerprint density at radius 2 is 2.14 bits per heavy atom. The Kier molecular flexibility index (Phi) is 4.71. The lowest BCUT2D eigenvalue weighted by molar-refractivity contribution is 0.369. The first-order valence-electron chi connectivity index (χ1n) is 5.49. The maximum atomic E-state index is 12.1. The zero-order valence-corrected chi connectivity index (χ0v) is 8.88. The van der Waals surface area contributed by atoms with Crippen LogP contribution in [-0.4, -0.2) is 6.67 Å². The Hall–Kier alpha value is -0.790. The quantitative estimate of drug-likeness (QED) is 0.719. The second-order valence-corrected chi connectivity index (χ2v) is 3.97. The van der Waals surface area contributed by atoms with Gasteiger partial charge in [-0.15, -0.1) is 0 Å². The molecule has 0 heterocycles. The highest BCUT2D eigenvalue weighted by atomic mass is 19.1. The third kappa shape index (κ3) is 3.17. The average molecular weight is 197 g/mol. The smallest absolute Gasteiger partial charge is 0.0894 e. The van der Waals surface area contributed by atoms with E-state index in [-0.39, 0.29) is 6.67 Å². The van der Waals surface area contributed by atoms with Crippen molar-refractivity contribution in [2.45, 2.75) is 32.6 Å². The van der Waals surface area contributed by atoms with Gasteiger partial charge < -0.3 is 5.73 Å². The van der Waals surface area contributed by atoms with Crippen LogP contribution in [0.15, 0.2) is 23.9 Å². The van der Waals surface area contributed by atoms with Crippen molar-refractivity contribution in [2.24, 2.45) is 17.6 Å². The van der Waals surface area contributed by atoms with E-state index in [9.17, 15) is 4.39 Å². The van der Waals surface area contributed by atoms with Crippen LogP contribution in [0.3, 0.4) is 0 Å². The molecule has 14 heavy (non-hydrogen) atoms. The summed E-state index contributed by atoms with van der Waals surface area (Å²) in [5.41, 5.74) is 6.61. The lowest BCUT2D eigenvalue weighted by Gasteiger charge is -2.24. The molecule has 2 N–H and O–H groups in total. The van der Waals surface area contributed by atoms with Gasteiger partial charge in [0.1, 0.15) is 0 Å². The van der Waals surface area contributed by atoms with Gasteiger partial charge >= 0.3 is 0 Å². The summed E-state index contributed by atoms with van der Waals surface area (Å²) < 4.78 is 12.1. The molecule has 0 bridgehead atoms. The molecule has 1 rings (SSSR count). The van der Waals surface area contributed by atoms with E-state index in [0.717, 1.165) is 25.0 Å². The van der Waals surface area contributed by atoms with E-state index < -0.39 is 0 Å². The van der Waals surface area contributed by atoms with Gasteiger partial charge in [0.05, 0.1) is 6.67 Å². The second-order valence-electron chi connectivity index (χ2n) is 3.97. The molecule has 0 spiro atoms. The monoisotopic (exact) mass is 197 g/mol. The van der Waals surface area contributed by atoms with Gasteiger partial charge in [-0.2, -0.15) is 0 Å². The zero-order valence-electron chi connectivity index (χ0n) is 8.88. The zero-order chi connectivity index (χ0) is 10.4. The third-order valence-corrected chi connectivity index (χ3v) is 2.79. The second kappa shape index (κ2) is 5.84. The fourth-order valence-electron chi connectivity index (χ4n) is 2.06. The molecule has 0 aliphatic heterocycles. The maximum Gasteiger partial charge on any atom is 0.0894 e. The molecular weight excluding hydrogens is 177 g/mol. The highest BCUT2D eigenvalue weighted by molar-refractivity contribution is 5.22. The molecule has 0 aromatic rings. The van der Waals surface area contributed by atoms with Crippen LogP contribution in [0.4, 0.5) is 4.39 Å². The van der Waals surface area contributed by atoms with Crippen molar-refractivity contribution in [1.82, 2.24) is 0 Å². The summed E-state index contributed by atoms with van der Waals surface area (Å²) in [5.74, 6) is 1.02. The third-order valence-electron chi connectivity index (χ3n) is 2.79. The van der Waals surface area contributed by atoms with Gasteiger partial charge in [-0.3, -0.25) is 4.39 Å². The van der Waals surface area contributed by atoms with E-state index in [4.69, 9.17) is 5.73 Å². The van der Waals surface area contributed by atoms with E-state index in [1.54, 1.807) is 0 Å². The van der Waals surface area contributed by atoms with Crippen molar-refractivity contribution < 1.29 is 4.39 Å². The van der Waals surface area contributed by atoms with E-state index >= 15 is 0 Å². The highest BCUT2D eigenvalue weighted by Crippen LogP contribution is 2.29. The number of hydrogen-bond acceptors (Lipinski definition) is 1. The maximum absolute atomic E-state index is 12.1. The van der Waals surface area contributed by atoms with Crippen LogP contribution in [0, 0.1) is 11.8 Å². The van der Waals surface area contributed by atoms with E-state index in [1.807, 2.05) is 6.08 Å². The minimum atomic E-state index is -0.206. The number of alkyl halides is 1. The number of nitrogens with two attached hydrogens (primary N) is 1. The fraction of sp³-hybridized carbons (Fsp3) is 0.667. The van der Waals surface area contributed by atoms with Crippen LogP contribution >= 0.6 is 0 Å². The first-order chi connectivity index (χ1) is 6.77. The molecule has 1 nitrogen and oxygen atoms in total. The number of allylic oxidation sites excluding steroid dienone is 3. The van der Waals surface area contributed by atoms with Gasteiger partial charge in [-0.25, -0.2) is 0 Å². The molecule has 0 saturated heterocycles. The predicted molar refractivity (Wildman–Crippen MR) is 58.5 cm³/mol. The lowest BCUT2D eigenvalue weighted by Crippen LogP contribution is -2.16. The van der Waals surface area contributed by atoms with Gasteiger partial charge in [0.15, 0.2) is 0 Å². The van der Waals surface area contributed by atoms with Gasteiger partial charge in [0, 0.05) is 5.70 Å². The molecule has 1 aliphatic carbocycles. The summed E-state index contributed by atoms with van der Waals surface area (Å²) in [6.07, 6.45) is 10.2. The Balaban J connectivity index is 2.51. The number of hydrogen-bond donors (Lipinski definition) is 1. The van der Waals surface area contributed by atoms with Crippen molar-refractivity contribution in [1.29, 1.82) is 0 Å². The molecule has 0 amide bonds. The van der Waals surface area contributed by atoms with Crippen molar-refractivity contribution in [3.8, 4) is 0 Å². The summed E-state index contributed by atoms with van der Waals surface area (Å²) >= 11 is 0. The molecule has 2 unspecified atom stereocenters. The van der Waals surface area contributed by atoms with Crippen LogP contribution in [0.2, 0.25) is 0 Å². The SMILES string of the molecule is CCCC1C=C(N)C=CC1CCCF. The highest BCUT2D eigenvalue weighted by Gasteiger charge is 2.18. The summed E-state index contributed by atoms with van der Waals surface area (Å²) in [6.45, 7) is 1.97. The van der Waals surface area contributed by atoms with Gasteiger partial charge in [0.25, 0.3) is 0 Å². The molecule has 0 radical (unpaired) electrons. The van der Waals surface area contributed by atoms with Crippen LogP contribution < -0.4 is 5.73 Å². The van der Waals surface area contributed by atoms with Gasteiger partial charge in [0.2, 0.25) is 0 Å². The Bertz CT molecular complexity index is 220. The van der Waals surface area contributed by atoms with Gasteiger partial charge in [-0.05, 0) is 37.2 Å². The van der Waals surface area contributed by atoms with Crippen LogP contribution in [-0.2, 0) is 0 Å². The van der Waals surface area contributed by atoms with Crippen molar-refractivity contribution >= 4 is 0 Å². The largest absolute Gasteiger partial charge is 0.399 e.